The Morgan fingerprint density at radius 1 is 0.500 bits per heavy atom. The molecule has 0 heterocycles. The molecule has 0 aromatic carbocycles. The maximum Gasteiger partial charge on any atom is -1.00 e. The smallest absolute Gasteiger partial charge is 1.00 e. The molecule has 0 aliphatic rings. The second-order valence-electron chi connectivity index (χ2n) is 5.40. The number of halogens is 1. The van der Waals surface area contributed by atoms with Gasteiger partial charge in [-0.05, 0) is 0 Å². The van der Waals surface area contributed by atoms with E-state index >= 15 is 0 Å². The van der Waals surface area contributed by atoms with Crippen molar-refractivity contribution in [2.24, 2.45) is 0 Å². The zero-order valence-electron chi connectivity index (χ0n) is 12.9. The van der Waals surface area contributed by atoms with Crippen molar-refractivity contribution in [2.45, 2.75) is 101 Å². The van der Waals surface area contributed by atoms with Crippen molar-refractivity contribution in [2.75, 3.05) is 0 Å². The third-order valence-electron chi connectivity index (χ3n) is 3.52. The summed E-state index contributed by atoms with van der Waals surface area (Å²) in [6.07, 6.45) is 17.6. The normalized spacial score (nSPS) is 9.89. The van der Waals surface area contributed by atoms with E-state index in [1.54, 1.807) is 10.6 Å². The first-order chi connectivity index (χ1) is 8.41. The van der Waals surface area contributed by atoms with E-state index in [9.17, 15) is 0 Å². The summed E-state index contributed by atoms with van der Waals surface area (Å²) in [7, 11) is 0. The molecule has 0 aliphatic carbocycles. The van der Waals surface area contributed by atoms with Crippen molar-refractivity contribution < 1.29 is 12.4 Å². The number of rotatable bonds is 14. The van der Waals surface area contributed by atoms with Crippen molar-refractivity contribution in [1.82, 2.24) is 0 Å². The molecule has 108 valence electrons. The van der Waals surface area contributed by atoms with E-state index in [1.807, 2.05) is 0 Å². The second-order valence-corrected chi connectivity index (χ2v) is 7.13. The standard InChI is InChI=1S/2C8H17.Al.ClH/c2*1-3-5-7-8-6-4-2;;/h2*1,3-8H2,2H3;;1H/q;;+1;/p-1. The third-order valence-corrected chi connectivity index (χ3v) is 5.16. The van der Waals surface area contributed by atoms with Crippen molar-refractivity contribution in [3.05, 3.63) is 0 Å². The van der Waals surface area contributed by atoms with Gasteiger partial charge in [-0.25, -0.2) is 0 Å². The Morgan fingerprint density at radius 2 is 0.833 bits per heavy atom. The Bertz CT molecular complexity index is 114. The molecule has 0 unspecified atom stereocenters. The molecule has 0 aromatic heterocycles. The molecule has 18 heavy (non-hydrogen) atoms. The molecule has 0 fully saturated rings. The Hall–Kier alpha value is 0.822. The van der Waals surface area contributed by atoms with Crippen LogP contribution in [-0.2, 0) is 0 Å². The van der Waals surface area contributed by atoms with Gasteiger partial charge in [-0.1, -0.05) is 0 Å². The van der Waals surface area contributed by atoms with Gasteiger partial charge >= 0.3 is 117 Å². The van der Waals surface area contributed by atoms with Crippen LogP contribution >= 0.6 is 0 Å². The summed E-state index contributed by atoms with van der Waals surface area (Å²) in [6, 6.07) is 0. The van der Waals surface area contributed by atoms with Gasteiger partial charge in [0.2, 0.25) is 0 Å². The average molecular weight is 289 g/mol. The van der Waals surface area contributed by atoms with Crippen LogP contribution in [0.15, 0.2) is 0 Å². The van der Waals surface area contributed by atoms with Crippen LogP contribution in [0.3, 0.4) is 0 Å². The first-order valence-corrected chi connectivity index (χ1v) is 9.86. The molecule has 0 N–H and O–H groups in total. The van der Waals surface area contributed by atoms with Gasteiger partial charge in [-0.3, -0.25) is 0 Å². The molecule has 0 rings (SSSR count). The summed E-state index contributed by atoms with van der Waals surface area (Å²) in [6.45, 7) is 4.59. The van der Waals surface area contributed by atoms with E-state index < -0.39 is 0 Å². The monoisotopic (exact) mass is 288 g/mol. The first-order valence-electron chi connectivity index (χ1n) is 8.23. The van der Waals surface area contributed by atoms with Crippen LogP contribution in [0.4, 0.5) is 0 Å². The number of hydrogen-bond donors (Lipinski definition) is 0. The van der Waals surface area contributed by atoms with Crippen LogP contribution in [0, 0.1) is 0 Å². The predicted octanol–water partition coefficient (Wildman–Crippen LogP) is 3.25. The van der Waals surface area contributed by atoms with Gasteiger partial charge in [0, 0.05) is 0 Å². The molecule has 2 heteroatoms. The fourth-order valence-electron chi connectivity index (χ4n) is 2.28. The summed E-state index contributed by atoms with van der Waals surface area (Å²) in [5.74, 6) is 0. The van der Waals surface area contributed by atoms with Gasteiger partial charge in [0.15, 0.2) is 0 Å². The average Bonchev–Trinajstić information content (AvgIpc) is 2.35. The fraction of sp³-hybridized carbons (Fsp3) is 1.00. The molecule has 0 amide bonds. The first kappa shape index (κ1) is 21.1. The predicted molar refractivity (Wildman–Crippen MR) is 82.1 cm³/mol. The molecule has 0 atom stereocenters. The van der Waals surface area contributed by atoms with Gasteiger partial charge in [0.25, 0.3) is 0 Å². The molecule has 0 radical (unpaired) electrons. The van der Waals surface area contributed by atoms with E-state index in [0.717, 1.165) is 15.2 Å². The molecule has 0 nitrogen and oxygen atoms in total. The Morgan fingerprint density at radius 3 is 1.22 bits per heavy atom. The van der Waals surface area contributed by atoms with Crippen molar-refractivity contribution in [3.63, 3.8) is 0 Å². The van der Waals surface area contributed by atoms with Crippen molar-refractivity contribution in [3.8, 4) is 0 Å². The minimum atomic E-state index is 0. The molecular formula is C16H34AlCl. The largest absolute Gasteiger partial charge is 1.00 e. The second kappa shape index (κ2) is 20.1. The third kappa shape index (κ3) is 19.2. The summed E-state index contributed by atoms with van der Waals surface area (Å²) in [5, 5.41) is 3.14. The van der Waals surface area contributed by atoms with Gasteiger partial charge in [-0.2, -0.15) is 0 Å². The van der Waals surface area contributed by atoms with E-state index in [1.165, 1.54) is 77.0 Å². The molecule has 0 saturated carbocycles. The molecule has 0 bridgehead atoms. The van der Waals surface area contributed by atoms with Crippen LogP contribution in [0.5, 0.6) is 0 Å². The molecule has 0 aliphatic heterocycles. The van der Waals surface area contributed by atoms with Gasteiger partial charge in [0.1, 0.15) is 0 Å². The minimum absolute atomic E-state index is 0. The van der Waals surface area contributed by atoms with Crippen molar-refractivity contribution in [1.29, 1.82) is 0 Å². The SMILES string of the molecule is CCCCCCC[CH2][Al+][CH2]CCCCCCC.[Cl-]. The summed E-state index contributed by atoms with van der Waals surface area (Å²) in [4.78, 5) is 0. The summed E-state index contributed by atoms with van der Waals surface area (Å²) in [5.41, 5.74) is 0. The van der Waals surface area contributed by atoms with Crippen LogP contribution in [0.2, 0.25) is 10.6 Å². The number of hydrogen-bond acceptors (Lipinski definition) is 0. The van der Waals surface area contributed by atoms with E-state index in [4.69, 9.17) is 0 Å². The van der Waals surface area contributed by atoms with Crippen LogP contribution in [0.25, 0.3) is 0 Å². The van der Waals surface area contributed by atoms with Crippen LogP contribution in [0.1, 0.15) is 90.9 Å². The minimum Gasteiger partial charge on any atom is -1.00 e. The molecule has 0 saturated heterocycles. The van der Waals surface area contributed by atoms with E-state index in [0.29, 0.717) is 0 Å². The zero-order valence-corrected chi connectivity index (χ0v) is 14.8. The Labute approximate surface area is 129 Å². The van der Waals surface area contributed by atoms with E-state index in [-0.39, 0.29) is 12.4 Å². The van der Waals surface area contributed by atoms with Gasteiger partial charge in [-0.15, -0.1) is 0 Å². The Kier molecular flexibility index (Phi) is 23.6. The molecular weight excluding hydrogens is 255 g/mol. The van der Waals surface area contributed by atoms with Crippen LogP contribution < -0.4 is 12.4 Å². The zero-order chi connectivity index (χ0) is 12.6. The summed E-state index contributed by atoms with van der Waals surface area (Å²) >= 11 is 0.794. The summed E-state index contributed by atoms with van der Waals surface area (Å²) < 4.78 is 0. The number of unbranched alkanes of at least 4 members (excludes halogenated alkanes) is 10. The molecule has 0 spiro atoms. The molecule has 0 aromatic rings. The maximum absolute atomic E-state index is 2.30. The van der Waals surface area contributed by atoms with Crippen molar-refractivity contribution >= 4 is 15.2 Å². The van der Waals surface area contributed by atoms with Gasteiger partial charge < -0.3 is 12.4 Å². The van der Waals surface area contributed by atoms with Gasteiger partial charge in [0.05, 0.1) is 0 Å². The van der Waals surface area contributed by atoms with E-state index in [2.05, 4.69) is 13.8 Å². The topological polar surface area (TPSA) is 0 Å². The Balaban J connectivity index is 0. The fourth-order valence-corrected chi connectivity index (χ4v) is 3.73. The quantitative estimate of drug-likeness (QED) is 0.340. The maximum atomic E-state index is 2.30. The van der Waals surface area contributed by atoms with Crippen LogP contribution in [-0.4, -0.2) is 15.2 Å².